The van der Waals surface area contributed by atoms with Gasteiger partial charge in [0.05, 0.1) is 6.10 Å². The maximum atomic E-state index is 11.5. The zero-order chi connectivity index (χ0) is 19.6. The molecule has 1 aliphatic carbocycles. The van der Waals surface area contributed by atoms with Crippen LogP contribution in [-0.2, 0) is 9.53 Å². The summed E-state index contributed by atoms with van der Waals surface area (Å²) in [6, 6.07) is 0. The lowest BCUT2D eigenvalue weighted by atomic mass is 10.0. The zero-order valence-electron chi connectivity index (χ0n) is 17.6. The first kappa shape index (κ1) is 25.2. The minimum Gasteiger partial charge on any atom is -0.378 e. The van der Waals surface area contributed by atoms with Crippen LogP contribution in [0.25, 0.3) is 0 Å². The summed E-state index contributed by atoms with van der Waals surface area (Å²) < 4.78 is 6.22. The van der Waals surface area contributed by atoms with Crippen LogP contribution in [0.4, 0.5) is 0 Å². The number of thioether (sulfide) groups is 1. The Kier molecular flexibility index (Phi) is 16.9. The maximum Gasteiger partial charge on any atom is 0.221 e. The van der Waals surface area contributed by atoms with Gasteiger partial charge in [0.25, 0.3) is 0 Å². The Morgan fingerprint density at radius 1 is 1.00 bits per heavy atom. The smallest absolute Gasteiger partial charge is 0.221 e. The van der Waals surface area contributed by atoms with E-state index in [1.807, 2.05) is 18.7 Å². The fourth-order valence-electron chi connectivity index (χ4n) is 3.59. The third kappa shape index (κ3) is 16.8. The SMILES string of the molecule is CC(S)CC(=O)NCCSCCCOC1CCCCCCCCCCCC1. The van der Waals surface area contributed by atoms with E-state index in [9.17, 15) is 4.79 Å². The minimum absolute atomic E-state index is 0.111. The molecule has 0 bridgehead atoms. The third-order valence-electron chi connectivity index (χ3n) is 5.14. The molecule has 1 aliphatic rings. The summed E-state index contributed by atoms with van der Waals surface area (Å²) in [6.45, 7) is 3.59. The van der Waals surface area contributed by atoms with E-state index in [1.165, 1.54) is 77.0 Å². The van der Waals surface area contributed by atoms with Gasteiger partial charge in [0.1, 0.15) is 0 Å². The zero-order valence-corrected chi connectivity index (χ0v) is 19.3. The fraction of sp³-hybridized carbons (Fsp3) is 0.955. The second kappa shape index (κ2) is 18.2. The number of carbonyl (C=O) groups is 1. The summed E-state index contributed by atoms with van der Waals surface area (Å²) >= 11 is 6.15. The van der Waals surface area contributed by atoms with Crippen molar-refractivity contribution in [1.29, 1.82) is 0 Å². The molecule has 0 aromatic heterocycles. The van der Waals surface area contributed by atoms with Crippen LogP contribution in [0.15, 0.2) is 0 Å². The number of nitrogens with one attached hydrogen (secondary N) is 1. The highest BCUT2D eigenvalue weighted by atomic mass is 32.2. The predicted octanol–water partition coefficient (Wildman–Crippen LogP) is 6.01. The van der Waals surface area contributed by atoms with E-state index in [-0.39, 0.29) is 11.2 Å². The van der Waals surface area contributed by atoms with Crippen molar-refractivity contribution in [3.05, 3.63) is 0 Å². The van der Waals surface area contributed by atoms with Gasteiger partial charge in [-0.2, -0.15) is 24.4 Å². The van der Waals surface area contributed by atoms with Crippen molar-refractivity contribution >= 4 is 30.3 Å². The number of amides is 1. The molecule has 1 saturated carbocycles. The van der Waals surface area contributed by atoms with Crippen molar-refractivity contribution < 1.29 is 9.53 Å². The van der Waals surface area contributed by atoms with Crippen molar-refractivity contribution in [2.75, 3.05) is 24.7 Å². The number of carbonyl (C=O) groups excluding carboxylic acids is 1. The molecule has 27 heavy (non-hydrogen) atoms. The molecule has 3 nitrogen and oxygen atoms in total. The number of thiol groups is 1. The van der Waals surface area contributed by atoms with E-state index >= 15 is 0 Å². The molecule has 0 spiro atoms. The average molecular weight is 418 g/mol. The molecule has 1 N–H and O–H groups in total. The predicted molar refractivity (Wildman–Crippen MR) is 123 cm³/mol. The van der Waals surface area contributed by atoms with Gasteiger partial charge in [0.15, 0.2) is 0 Å². The fourth-order valence-corrected chi connectivity index (χ4v) is 4.52. The van der Waals surface area contributed by atoms with E-state index in [0.29, 0.717) is 12.5 Å². The number of rotatable bonds is 10. The standard InChI is InChI=1S/C22H43NO2S2/c1-20(26)19-22(24)23-15-18-27-17-12-16-25-21-13-10-8-6-4-2-3-5-7-9-11-14-21/h20-21,26H,2-19H2,1H3,(H,23,24). The molecule has 1 fully saturated rings. The van der Waals surface area contributed by atoms with Crippen molar-refractivity contribution in [1.82, 2.24) is 5.32 Å². The first-order valence-corrected chi connectivity index (χ1v) is 13.0. The van der Waals surface area contributed by atoms with Crippen LogP contribution in [0.3, 0.4) is 0 Å². The molecule has 0 aliphatic heterocycles. The Morgan fingerprint density at radius 2 is 1.56 bits per heavy atom. The lowest BCUT2D eigenvalue weighted by Crippen LogP contribution is -2.27. The Labute approximate surface area is 178 Å². The van der Waals surface area contributed by atoms with Crippen LogP contribution in [0.5, 0.6) is 0 Å². The first-order valence-electron chi connectivity index (χ1n) is 11.3. The van der Waals surface area contributed by atoms with E-state index < -0.39 is 0 Å². The lowest BCUT2D eigenvalue weighted by Gasteiger charge is -2.18. The summed E-state index contributed by atoms with van der Waals surface area (Å²) in [7, 11) is 0. The number of hydrogen-bond donors (Lipinski definition) is 2. The van der Waals surface area contributed by atoms with Gasteiger partial charge in [-0.1, -0.05) is 71.1 Å². The van der Waals surface area contributed by atoms with Gasteiger partial charge < -0.3 is 10.1 Å². The monoisotopic (exact) mass is 417 g/mol. The molecule has 0 radical (unpaired) electrons. The highest BCUT2D eigenvalue weighted by Gasteiger charge is 2.09. The van der Waals surface area contributed by atoms with Gasteiger partial charge in [0, 0.05) is 30.6 Å². The molecule has 1 unspecified atom stereocenters. The van der Waals surface area contributed by atoms with Gasteiger partial charge in [-0.3, -0.25) is 4.79 Å². The molecule has 5 heteroatoms. The molecule has 0 aromatic rings. The highest BCUT2D eigenvalue weighted by Crippen LogP contribution is 2.19. The normalized spacial score (nSPS) is 19.5. The van der Waals surface area contributed by atoms with E-state index in [1.54, 1.807) is 0 Å². The van der Waals surface area contributed by atoms with Crippen LogP contribution in [0, 0.1) is 0 Å². The second-order valence-corrected chi connectivity index (χ2v) is 10.1. The molecule has 0 heterocycles. The van der Waals surface area contributed by atoms with Crippen LogP contribution in [0.1, 0.15) is 96.8 Å². The van der Waals surface area contributed by atoms with Crippen molar-refractivity contribution in [2.24, 2.45) is 0 Å². The third-order valence-corrected chi connectivity index (χ3v) is 6.39. The topological polar surface area (TPSA) is 38.3 Å². The van der Waals surface area contributed by atoms with Crippen molar-refractivity contribution in [3.8, 4) is 0 Å². The maximum absolute atomic E-state index is 11.5. The molecule has 160 valence electrons. The van der Waals surface area contributed by atoms with Crippen LogP contribution in [0.2, 0.25) is 0 Å². The van der Waals surface area contributed by atoms with Crippen LogP contribution < -0.4 is 5.32 Å². The van der Waals surface area contributed by atoms with Crippen molar-refractivity contribution in [2.45, 2.75) is 108 Å². The lowest BCUT2D eigenvalue weighted by molar-refractivity contribution is -0.120. The molecule has 0 saturated heterocycles. The van der Waals surface area contributed by atoms with Gasteiger partial charge in [-0.05, 0) is 25.0 Å². The Balaban J connectivity index is 2.02. The summed E-state index contributed by atoms with van der Waals surface area (Å²) in [5.74, 6) is 2.21. The molecule has 0 aromatic carbocycles. The molecule has 1 amide bonds. The van der Waals surface area contributed by atoms with Crippen LogP contribution in [-0.4, -0.2) is 41.9 Å². The summed E-state index contributed by atoms with van der Waals surface area (Å²) in [4.78, 5) is 11.5. The molecule has 1 rings (SSSR count). The van der Waals surface area contributed by atoms with Gasteiger partial charge in [-0.15, -0.1) is 0 Å². The Bertz CT molecular complexity index is 339. The summed E-state index contributed by atoms with van der Waals surface area (Å²) in [6.07, 6.45) is 18.6. The number of ether oxygens (including phenoxy) is 1. The first-order chi connectivity index (χ1) is 13.2. The highest BCUT2D eigenvalue weighted by molar-refractivity contribution is 7.99. The summed E-state index contributed by atoms with van der Waals surface area (Å²) in [5.41, 5.74) is 0. The van der Waals surface area contributed by atoms with Crippen molar-refractivity contribution in [3.63, 3.8) is 0 Å². The van der Waals surface area contributed by atoms with Crippen LogP contribution >= 0.6 is 24.4 Å². The van der Waals surface area contributed by atoms with Gasteiger partial charge >= 0.3 is 0 Å². The second-order valence-electron chi connectivity index (χ2n) is 7.97. The van der Waals surface area contributed by atoms with E-state index in [2.05, 4.69) is 17.9 Å². The molecule has 1 atom stereocenters. The average Bonchev–Trinajstić information content (AvgIpc) is 2.65. The minimum atomic E-state index is 0.111. The Morgan fingerprint density at radius 3 is 2.11 bits per heavy atom. The summed E-state index contributed by atoms with van der Waals surface area (Å²) in [5, 5.41) is 3.09. The molecular weight excluding hydrogens is 374 g/mol. The quantitative estimate of drug-likeness (QED) is 0.337. The molecular formula is C22H43NO2S2. The van der Waals surface area contributed by atoms with E-state index in [0.717, 1.165) is 31.1 Å². The Hall–Kier alpha value is 0.130. The van der Waals surface area contributed by atoms with E-state index in [4.69, 9.17) is 4.74 Å². The number of hydrogen-bond acceptors (Lipinski definition) is 4. The van der Waals surface area contributed by atoms with Gasteiger partial charge in [-0.25, -0.2) is 0 Å². The van der Waals surface area contributed by atoms with Gasteiger partial charge in [0.2, 0.25) is 5.91 Å². The largest absolute Gasteiger partial charge is 0.378 e.